The van der Waals surface area contributed by atoms with Crippen molar-refractivity contribution in [1.29, 1.82) is 0 Å². The number of rotatable bonds is 2. The zero-order valence-corrected chi connectivity index (χ0v) is 5.57. The third-order valence-corrected chi connectivity index (χ3v) is 1.27. The highest BCUT2D eigenvalue weighted by atomic mass is 16.5. The molecule has 4 heteroatoms. The van der Waals surface area contributed by atoms with Crippen molar-refractivity contribution >= 4 is 11.7 Å². The topological polar surface area (TPSA) is 72.4 Å². The van der Waals surface area contributed by atoms with Crippen LogP contribution < -0.4 is 5.48 Å². The fourth-order valence-corrected chi connectivity index (χ4v) is 0.759. The number of carbonyl (C=O) groups is 1. The summed E-state index contributed by atoms with van der Waals surface area (Å²) in [5.41, 5.74) is 1.62. The van der Waals surface area contributed by atoms with Crippen molar-refractivity contribution in [1.82, 2.24) is 0 Å². The third-order valence-electron chi connectivity index (χ3n) is 1.27. The van der Waals surface area contributed by atoms with Gasteiger partial charge in [-0.05, 0) is 12.1 Å². The zero-order chi connectivity index (χ0) is 8.27. The van der Waals surface area contributed by atoms with Crippen molar-refractivity contribution in [3.8, 4) is 0 Å². The van der Waals surface area contributed by atoms with Gasteiger partial charge in [0.25, 0.3) is 0 Å². The third kappa shape index (κ3) is 1.47. The number of carboxylic acids is 1. The van der Waals surface area contributed by atoms with Crippen molar-refractivity contribution in [2.24, 2.45) is 0 Å². The molecule has 0 atom stereocenters. The summed E-state index contributed by atoms with van der Waals surface area (Å²) in [6.45, 7) is 0. The van der Waals surface area contributed by atoms with E-state index in [0.29, 0.717) is 0 Å². The summed E-state index contributed by atoms with van der Waals surface area (Å²) in [6, 6.07) is 5.93. The van der Waals surface area contributed by atoms with E-state index in [0.717, 1.165) is 0 Å². The van der Waals surface area contributed by atoms with Gasteiger partial charge in [-0.15, -0.1) is 0 Å². The van der Waals surface area contributed by atoms with Crippen molar-refractivity contribution in [3.63, 3.8) is 0 Å². The summed E-state index contributed by atoms with van der Waals surface area (Å²) < 4.78 is 0. The average Bonchev–Trinajstić information content (AvgIpc) is 2.04. The minimum atomic E-state index is -1.11. The Kier molecular flexibility index (Phi) is 2.08. The van der Waals surface area contributed by atoms with Crippen molar-refractivity contribution in [2.75, 3.05) is 5.48 Å². The van der Waals surface area contributed by atoms with Gasteiger partial charge < -0.3 is 15.8 Å². The van der Waals surface area contributed by atoms with Crippen LogP contribution in [0.5, 0.6) is 0 Å². The molecule has 4 nitrogen and oxygen atoms in total. The van der Waals surface area contributed by atoms with E-state index in [-0.39, 0.29) is 11.3 Å². The molecule has 0 aromatic heterocycles. The van der Waals surface area contributed by atoms with Crippen molar-refractivity contribution in [3.05, 3.63) is 35.0 Å². The molecular weight excluding hydrogens is 146 g/mol. The highest BCUT2D eigenvalue weighted by Crippen LogP contribution is 2.13. The van der Waals surface area contributed by atoms with Crippen LogP contribution >= 0.6 is 0 Å². The van der Waals surface area contributed by atoms with Gasteiger partial charge in [0.05, 0.1) is 5.56 Å². The second-order valence-electron chi connectivity index (χ2n) is 1.95. The van der Waals surface area contributed by atoms with Crippen molar-refractivity contribution in [2.45, 2.75) is 0 Å². The number of anilines is 1. The molecule has 0 aliphatic carbocycles. The van der Waals surface area contributed by atoms with Crippen LogP contribution in [0, 0.1) is 5.21 Å². The predicted molar refractivity (Wildman–Crippen MR) is 40.4 cm³/mol. The molecule has 0 bridgehead atoms. The second-order valence-corrected chi connectivity index (χ2v) is 1.95. The summed E-state index contributed by atoms with van der Waals surface area (Å²) in [6.07, 6.45) is 0. The van der Waals surface area contributed by atoms with E-state index < -0.39 is 5.97 Å². The van der Waals surface area contributed by atoms with E-state index in [1.807, 2.05) is 0 Å². The molecule has 58 valence electrons. The molecule has 0 aliphatic rings. The van der Waals surface area contributed by atoms with Crippen LogP contribution in [0.2, 0.25) is 0 Å². The van der Waals surface area contributed by atoms with Gasteiger partial charge in [-0.25, -0.2) is 4.79 Å². The van der Waals surface area contributed by atoms with Crippen molar-refractivity contribution < 1.29 is 9.90 Å². The molecule has 0 unspecified atom stereocenters. The molecule has 0 radical (unpaired) electrons. The fourth-order valence-electron chi connectivity index (χ4n) is 0.759. The maximum atomic E-state index is 10.4. The van der Waals surface area contributed by atoms with Gasteiger partial charge in [0.2, 0.25) is 0 Å². The molecule has 1 rings (SSSR count). The summed E-state index contributed by atoms with van der Waals surface area (Å²) in [5, 5.41) is 18.7. The highest BCUT2D eigenvalue weighted by molar-refractivity contribution is 5.94. The molecule has 0 fully saturated rings. The lowest BCUT2D eigenvalue weighted by Crippen LogP contribution is -2.00. The zero-order valence-electron chi connectivity index (χ0n) is 5.57. The molecule has 11 heavy (non-hydrogen) atoms. The summed E-state index contributed by atoms with van der Waals surface area (Å²) >= 11 is 0. The first kappa shape index (κ1) is 7.56. The van der Waals surface area contributed by atoms with Gasteiger partial charge >= 0.3 is 5.97 Å². The minimum absolute atomic E-state index is 0.0116. The predicted octanol–water partition coefficient (Wildman–Crippen LogP) is 1.29. The highest BCUT2D eigenvalue weighted by Gasteiger charge is 2.04. The lowest BCUT2D eigenvalue weighted by atomic mass is 10.2. The molecule has 0 saturated carbocycles. The Morgan fingerprint density at radius 2 is 2.09 bits per heavy atom. The molecular formula is C7H6NO3-. The Hall–Kier alpha value is -1.55. The standard InChI is InChI=1S/C7H6NO3/c9-7(10)5-3-1-2-4-6(5)8-11/h1-4,8H,(H,9,10)/q-1. The van der Waals surface area contributed by atoms with Crippen LogP contribution in [-0.2, 0) is 0 Å². The van der Waals surface area contributed by atoms with Gasteiger partial charge in [-0.3, -0.25) is 0 Å². The number of aromatic carboxylic acids is 1. The molecule has 1 aromatic carbocycles. The smallest absolute Gasteiger partial charge is 0.337 e. The molecule has 0 amide bonds. The Bertz CT molecular complexity index is 272. The second kappa shape index (κ2) is 3.03. The fraction of sp³-hybridized carbons (Fsp3) is 0. The first-order valence-corrected chi connectivity index (χ1v) is 2.96. The quantitative estimate of drug-likeness (QED) is 0.626. The van der Waals surface area contributed by atoms with E-state index >= 15 is 0 Å². The largest absolute Gasteiger partial charge is 0.761 e. The molecule has 2 N–H and O–H groups in total. The minimum Gasteiger partial charge on any atom is -0.761 e. The Balaban J connectivity index is 3.12. The van der Waals surface area contributed by atoms with Crippen LogP contribution in [0.25, 0.3) is 0 Å². The lowest BCUT2D eigenvalue weighted by Gasteiger charge is -2.11. The Morgan fingerprint density at radius 3 is 2.55 bits per heavy atom. The van der Waals surface area contributed by atoms with Crippen LogP contribution in [0.3, 0.4) is 0 Å². The van der Waals surface area contributed by atoms with Gasteiger partial charge in [-0.1, -0.05) is 12.1 Å². The van der Waals surface area contributed by atoms with Crippen LogP contribution in [0.1, 0.15) is 10.4 Å². The van der Waals surface area contributed by atoms with E-state index in [9.17, 15) is 10.0 Å². The van der Waals surface area contributed by atoms with Crippen LogP contribution in [0.15, 0.2) is 24.3 Å². The molecule has 1 aromatic rings. The molecule has 0 saturated heterocycles. The Labute approximate surface area is 63.1 Å². The van der Waals surface area contributed by atoms with E-state index in [4.69, 9.17) is 5.11 Å². The van der Waals surface area contributed by atoms with Crippen LogP contribution in [-0.4, -0.2) is 11.1 Å². The molecule has 0 spiro atoms. The van der Waals surface area contributed by atoms with Gasteiger partial charge in [0.1, 0.15) is 0 Å². The van der Waals surface area contributed by atoms with Gasteiger partial charge in [0, 0.05) is 5.69 Å². The maximum absolute atomic E-state index is 10.4. The van der Waals surface area contributed by atoms with E-state index in [2.05, 4.69) is 0 Å². The summed E-state index contributed by atoms with van der Waals surface area (Å²) in [7, 11) is 0. The van der Waals surface area contributed by atoms with Gasteiger partial charge in [-0.2, -0.15) is 0 Å². The SMILES string of the molecule is O=C(O)c1ccccc1N[O-]. The number of carboxylic acid groups (broad SMARTS) is 1. The average molecular weight is 152 g/mol. The number of nitrogens with one attached hydrogen (secondary N) is 1. The van der Waals surface area contributed by atoms with E-state index in [1.54, 1.807) is 17.6 Å². The summed E-state index contributed by atoms with van der Waals surface area (Å²) in [5.74, 6) is -1.11. The maximum Gasteiger partial charge on any atom is 0.337 e. The van der Waals surface area contributed by atoms with Gasteiger partial charge in [0.15, 0.2) is 0 Å². The molecule has 0 heterocycles. The monoisotopic (exact) mass is 152 g/mol. The number of hydrogen-bond donors (Lipinski definition) is 2. The first-order valence-electron chi connectivity index (χ1n) is 2.96. The lowest BCUT2D eigenvalue weighted by molar-refractivity contribution is 0.0698. The summed E-state index contributed by atoms with van der Waals surface area (Å²) in [4.78, 5) is 10.4. The van der Waals surface area contributed by atoms with E-state index in [1.165, 1.54) is 12.1 Å². The number of benzene rings is 1. The normalized spacial score (nSPS) is 9.18. The first-order chi connectivity index (χ1) is 5.25. The number of para-hydroxylation sites is 1. The number of hydrogen-bond acceptors (Lipinski definition) is 3. The molecule has 0 aliphatic heterocycles. The van der Waals surface area contributed by atoms with Crippen LogP contribution in [0.4, 0.5) is 5.69 Å². The Morgan fingerprint density at radius 1 is 1.45 bits per heavy atom.